The monoisotopic (exact) mass is 279 g/mol. The van der Waals surface area contributed by atoms with E-state index in [1.807, 2.05) is 12.1 Å². The maximum Gasteiger partial charge on any atom is 0.227 e. The van der Waals surface area contributed by atoms with Crippen LogP contribution in [0.5, 0.6) is 0 Å². The number of halogens is 2. The van der Waals surface area contributed by atoms with Gasteiger partial charge in [0.25, 0.3) is 0 Å². The molecule has 1 heterocycles. The minimum Gasteiger partial charge on any atom is -0.198 e. The highest BCUT2D eigenvalue weighted by molar-refractivity contribution is 6.31. The van der Waals surface area contributed by atoms with Crippen molar-refractivity contribution >= 4 is 23.2 Å². The Bertz CT molecular complexity index is 545. The van der Waals surface area contributed by atoms with Gasteiger partial charge in [-0.05, 0) is 47.5 Å². The fraction of sp³-hybridized carbons (Fsp3) is 0.308. The molecule has 1 aromatic heterocycles. The second kappa shape index (κ2) is 4.82. The molecule has 0 unspecified atom stereocenters. The molecule has 3 rings (SSSR count). The van der Waals surface area contributed by atoms with Crippen LogP contribution in [-0.4, -0.2) is 15.0 Å². The van der Waals surface area contributed by atoms with Crippen molar-refractivity contribution in [1.82, 2.24) is 15.0 Å². The van der Waals surface area contributed by atoms with Gasteiger partial charge < -0.3 is 0 Å². The molecule has 0 amide bonds. The Labute approximate surface area is 115 Å². The van der Waals surface area contributed by atoms with E-state index in [-0.39, 0.29) is 10.6 Å². The molecule has 1 aromatic carbocycles. The van der Waals surface area contributed by atoms with E-state index in [4.69, 9.17) is 23.2 Å². The van der Waals surface area contributed by atoms with E-state index in [1.54, 1.807) is 0 Å². The van der Waals surface area contributed by atoms with Crippen LogP contribution in [0.2, 0.25) is 10.6 Å². The summed E-state index contributed by atoms with van der Waals surface area (Å²) in [5, 5.41) is 0.237. The second-order valence-electron chi connectivity index (χ2n) is 4.45. The summed E-state index contributed by atoms with van der Waals surface area (Å²) >= 11 is 11.5. The summed E-state index contributed by atoms with van der Waals surface area (Å²) in [6.45, 7) is 0. The second-order valence-corrected chi connectivity index (χ2v) is 5.12. The predicted octanol–water partition coefficient (Wildman–Crippen LogP) is 4.11. The van der Waals surface area contributed by atoms with Gasteiger partial charge in [-0.1, -0.05) is 30.7 Å². The van der Waals surface area contributed by atoms with Gasteiger partial charge in [0.15, 0.2) is 5.82 Å². The molecule has 0 radical (unpaired) electrons. The fourth-order valence-corrected chi connectivity index (χ4v) is 2.46. The number of nitrogens with zero attached hydrogens (tertiary/aromatic N) is 3. The molecular weight excluding hydrogens is 269 g/mol. The summed E-state index contributed by atoms with van der Waals surface area (Å²) in [5.41, 5.74) is 2.29. The SMILES string of the molecule is Clc1nc(Cl)nc(-c2ccc(C3CCC3)cc2)n1. The van der Waals surface area contributed by atoms with Crippen molar-refractivity contribution in [2.45, 2.75) is 25.2 Å². The molecule has 92 valence electrons. The van der Waals surface area contributed by atoms with Gasteiger partial charge in [0.05, 0.1) is 0 Å². The Hall–Kier alpha value is -1.19. The molecule has 0 spiro atoms. The lowest BCUT2D eigenvalue weighted by Gasteiger charge is -2.25. The topological polar surface area (TPSA) is 38.7 Å². The number of hydrogen-bond acceptors (Lipinski definition) is 3. The van der Waals surface area contributed by atoms with Crippen molar-refractivity contribution in [3.63, 3.8) is 0 Å². The van der Waals surface area contributed by atoms with Gasteiger partial charge in [-0.3, -0.25) is 0 Å². The van der Waals surface area contributed by atoms with Crippen molar-refractivity contribution in [3.8, 4) is 11.4 Å². The molecule has 1 fully saturated rings. The Morgan fingerprint density at radius 3 is 2.00 bits per heavy atom. The highest BCUT2D eigenvalue weighted by Crippen LogP contribution is 2.36. The number of benzene rings is 1. The first-order valence-electron chi connectivity index (χ1n) is 5.90. The molecule has 3 nitrogen and oxygen atoms in total. The van der Waals surface area contributed by atoms with Crippen LogP contribution in [0.25, 0.3) is 11.4 Å². The minimum atomic E-state index is 0.119. The Morgan fingerprint density at radius 1 is 0.889 bits per heavy atom. The van der Waals surface area contributed by atoms with Crippen LogP contribution in [-0.2, 0) is 0 Å². The number of rotatable bonds is 2. The van der Waals surface area contributed by atoms with Crippen molar-refractivity contribution in [1.29, 1.82) is 0 Å². The first-order valence-corrected chi connectivity index (χ1v) is 6.65. The molecule has 5 heteroatoms. The van der Waals surface area contributed by atoms with Gasteiger partial charge in [-0.15, -0.1) is 0 Å². The summed E-state index contributed by atoms with van der Waals surface area (Å²) in [6.07, 6.45) is 3.93. The average molecular weight is 280 g/mol. The van der Waals surface area contributed by atoms with Crippen LogP contribution < -0.4 is 0 Å². The third kappa shape index (κ3) is 2.33. The van der Waals surface area contributed by atoms with E-state index >= 15 is 0 Å². The van der Waals surface area contributed by atoms with Crippen LogP contribution in [0.3, 0.4) is 0 Å². The lowest BCUT2D eigenvalue weighted by Crippen LogP contribution is -2.08. The van der Waals surface area contributed by atoms with E-state index in [0.29, 0.717) is 5.82 Å². The third-order valence-corrected chi connectivity index (χ3v) is 3.66. The van der Waals surface area contributed by atoms with Gasteiger partial charge in [-0.2, -0.15) is 15.0 Å². The van der Waals surface area contributed by atoms with Crippen molar-refractivity contribution in [2.24, 2.45) is 0 Å². The molecule has 0 N–H and O–H groups in total. The van der Waals surface area contributed by atoms with Crippen LogP contribution in [0.15, 0.2) is 24.3 Å². The Balaban J connectivity index is 1.91. The zero-order chi connectivity index (χ0) is 12.5. The molecule has 1 aliphatic rings. The van der Waals surface area contributed by atoms with E-state index in [0.717, 1.165) is 11.5 Å². The Kier molecular flexibility index (Phi) is 3.18. The van der Waals surface area contributed by atoms with Gasteiger partial charge in [0.1, 0.15) is 0 Å². The highest BCUT2D eigenvalue weighted by atomic mass is 35.5. The summed E-state index contributed by atoms with van der Waals surface area (Å²) < 4.78 is 0. The number of hydrogen-bond donors (Lipinski definition) is 0. The maximum absolute atomic E-state index is 5.77. The molecule has 1 saturated carbocycles. The zero-order valence-corrected chi connectivity index (χ0v) is 11.1. The van der Waals surface area contributed by atoms with E-state index in [1.165, 1.54) is 24.8 Å². The van der Waals surface area contributed by atoms with Crippen molar-refractivity contribution < 1.29 is 0 Å². The minimum absolute atomic E-state index is 0.119. The average Bonchev–Trinajstić information content (AvgIpc) is 2.26. The van der Waals surface area contributed by atoms with E-state index in [2.05, 4.69) is 27.1 Å². The first-order chi connectivity index (χ1) is 8.72. The van der Waals surface area contributed by atoms with Crippen molar-refractivity contribution in [2.75, 3.05) is 0 Å². The fourth-order valence-electron chi connectivity index (χ4n) is 2.10. The molecule has 0 atom stereocenters. The van der Waals surface area contributed by atoms with Crippen LogP contribution in [0.1, 0.15) is 30.7 Å². The highest BCUT2D eigenvalue weighted by Gasteiger charge is 2.19. The lowest BCUT2D eigenvalue weighted by molar-refractivity contribution is 0.420. The summed E-state index contributed by atoms with van der Waals surface area (Å²) in [4.78, 5) is 11.9. The third-order valence-electron chi connectivity index (χ3n) is 3.33. The van der Waals surface area contributed by atoms with E-state index in [9.17, 15) is 0 Å². The standard InChI is InChI=1S/C13H11Cl2N3/c14-12-16-11(17-13(15)18-12)10-6-4-9(5-7-10)8-2-1-3-8/h4-8H,1-3H2. The normalized spacial score (nSPS) is 15.4. The van der Waals surface area contributed by atoms with Crippen LogP contribution >= 0.6 is 23.2 Å². The molecule has 2 aromatic rings. The molecule has 18 heavy (non-hydrogen) atoms. The first kappa shape index (κ1) is 11.9. The Morgan fingerprint density at radius 2 is 1.50 bits per heavy atom. The quantitative estimate of drug-likeness (QED) is 0.830. The molecule has 0 bridgehead atoms. The van der Waals surface area contributed by atoms with Crippen LogP contribution in [0, 0.1) is 0 Å². The molecular formula is C13H11Cl2N3. The molecule has 1 aliphatic carbocycles. The predicted molar refractivity (Wildman–Crippen MR) is 71.9 cm³/mol. The lowest BCUT2D eigenvalue weighted by atomic mass is 9.80. The van der Waals surface area contributed by atoms with Gasteiger partial charge in [0.2, 0.25) is 10.6 Å². The maximum atomic E-state index is 5.77. The summed E-state index contributed by atoms with van der Waals surface area (Å²) in [6, 6.07) is 8.28. The van der Waals surface area contributed by atoms with Gasteiger partial charge in [0, 0.05) is 5.56 Å². The van der Waals surface area contributed by atoms with Crippen molar-refractivity contribution in [3.05, 3.63) is 40.4 Å². The summed E-state index contributed by atoms with van der Waals surface area (Å²) in [7, 11) is 0. The smallest absolute Gasteiger partial charge is 0.198 e. The van der Waals surface area contributed by atoms with E-state index < -0.39 is 0 Å². The van der Waals surface area contributed by atoms with Gasteiger partial charge >= 0.3 is 0 Å². The number of aromatic nitrogens is 3. The zero-order valence-electron chi connectivity index (χ0n) is 9.61. The van der Waals surface area contributed by atoms with Gasteiger partial charge in [-0.25, -0.2) is 0 Å². The summed E-state index contributed by atoms with van der Waals surface area (Å²) in [5.74, 6) is 1.24. The molecule has 0 saturated heterocycles. The van der Waals surface area contributed by atoms with Crippen LogP contribution in [0.4, 0.5) is 0 Å². The molecule has 0 aliphatic heterocycles. The largest absolute Gasteiger partial charge is 0.227 e.